The van der Waals surface area contributed by atoms with Crippen LogP contribution in [0.2, 0.25) is 0 Å². The Morgan fingerprint density at radius 3 is 2.65 bits per heavy atom. The van der Waals surface area contributed by atoms with E-state index >= 15 is 0 Å². The number of esters is 1. The molecule has 0 saturated carbocycles. The molecule has 0 aliphatic carbocycles. The molecule has 1 aromatic heterocycles. The number of aryl methyl sites for hydroxylation is 1. The average molecular weight is 342 g/mol. The van der Waals surface area contributed by atoms with Gasteiger partial charge in [-0.25, -0.2) is 13.2 Å². The number of hydrogen-bond donors (Lipinski definition) is 1. The fourth-order valence-electron chi connectivity index (χ4n) is 3.23. The van der Waals surface area contributed by atoms with Crippen LogP contribution in [-0.2, 0) is 14.8 Å². The maximum absolute atomic E-state index is 13.0. The van der Waals surface area contributed by atoms with Crippen molar-refractivity contribution in [2.75, 3.05) is 19.7 Å². The van der Waals surface area contributed by atoms with Crippen LogP contribution in [0, 0.1) is 19.8 Å². The van der Waals surface area contributed by atoms with E-state index in [0.717, 1.165) is 19.3 Å². The molecule has 1 saturated heterocycles. The maximum Gasteiger partial charge on any atom is 0.355 e. The molecule has 0 bridgehead atoms. The Kier molecular flexibility index (Phi) is 5.52. The zero-order valence-electron chi connectivity index (χ0n) is 14.3. The predicted octanol–water partition coefficient (Wildman–Crippen LogP) is 2.62. The van der Waals surface area contributed by atoms with Crippen LogP contribution in [-0.4, -0.2) is 43.4 Å². The molecule has 2 rings (SSSR count). The molecular weight excluding hydrogens is 316 g/mol. The monoisotopic (exact) mass is 342 g/mol. The summed E-state index contributed by atoms with van der Waals surface area (Å²) < 4.78 is 32.6. The lowest BCUT2D eigenvalue weighted by molar-refractivity contribution is 0.0519. The Bertz CT molecular complexity index is 678. The number of nitrogens with one attached hydrogen (secondary N) is 1. The Hall–Kier alpha value is -1.34. The fourth-order valence-corrected chi connectivity index (χ4v) is 5.20. The maximum atomic E-state index is 13.0. The third kappa shape index (κ3) is 3.45. The SMILES string of the molecule is CCOC(=O)c1[nH]c(C)c(S(=O)(=O)N2CCC[C@@H](CC)C2)c1C. The zero-order chi connectivity index (χ0) is 17.2. The van der Waals surface area contributed by atoms with Crippen molar-refractivity contribution < 1.29 is 17.9 Å². The molecule has 0 radical (unpaired) electrons. The van der Waals surface area contributed by atoms with Gasteiger partial charge in [0.25, 0.3) is 0 Å². The van der Waals surface area contributed by atoms with Gasteiger partial charge in [-0.1, -0.05) is 13.3 Å². The first-order valence-corrected chi connectivity index (χ1v) is 9.63. The quantitative estimate of drug-likeness (QED) is 0.834. The molecule has 130 valence electrons. The van der Waals surface area contributed by atoms with Crippen molar-refractivity contribution in [3.63, 3.8) is 0 Å². The Balaban J connectivity index is 2.38. The number of ether oxygens (including phenoxy) is 1. The summed E-state index contributed by atoms with van der Waals surface area (Å²) in [6, 6.07) is 0. The molecule has 1 aliphatic heterocycles. The summed E-state index contributed by atoms with van der Waals surface area (Å²) >= 11 is 0. The summed E-state index contributed by atoms with van der Waals surface area (Å²) in [5, 5.41) is 0. The highest BCUT2D eigenvalue weighted by molar-refractivity contribution is 7.89. The van der Waals surface area contributed by atoms with Gasteiger partial charge in [0.2, 0.25) is 10.0 Å². The molecule has 1 aliphatic rings. The van der Waals surface area contributed by atoms with Crippen molar-refractivity contribution in [1.29, 1.82) is 0 Å². The Morgan fingerprint density at radius 2 is 2.04 bits per heavy atom. The van der Waals surface area contributed by atoms with Crippen LogP contribution in [0.15, 0.2) is 4.90 Å². The van der Waals surface area contributed by atoms with Crippen LogP contribution < -0.4 is 0 Å². The summed E-state index contributed by atoms with van der Waals surface area (Å²) in [7, 11) is -3.60. The topological polar surface area (TPSA) is 79.5 Å². The third-order valence-electron chi connectivity index (χ3n) is 4.51. The first-order valence-electron chi connectivity index (χ1n) is 8.19. The van der Waals surface area contributed by atoms with Crippen LogP contribution in [0.3, 0.4) is 0 Å². The number of hydrogen-bond acceptors (Lipinski definition) is 4. The van der Waals surface area contributed by atoms with E-state index in [0.29, 0.717) is 30.3 Å². The molecule has 0 unspecified atom stereocenters. The van der Waals surface area contributed by atoms with E-state index in [2.05, 4.69) is 11.9 Å². The number of H-pyrrole nitrogens is 1. The van der Waals surface area contributed by atoms with Gasteiger partial charge >= 0.3 is 5.97 Å². The molecule has 7 heteroatoms. The molecule has 0 amide bonds. The summed E-state index contributed by atoms with van der Waals surface area (Å²) in [6.45, 7) is 8.50. The summed E-state index contributed by atoms with van der Waals surface area (Å²) in [4.78, 5) is 15.1. The fraction of sp³-hybridized carbons (Fsp3) is 0.688. The van der Waals surface area contributed by atoms with Crippen molar-refractivity contribution in [3.05, 3.63) is 17.0 Å². The van der Waals surface area contributed by atoms with Crippen LogP contribution >= 0.6 is 0 Å². The second kappa shape index (κ2) is 7.05. The van der Waals surface area contributed by atoms with E-state index in [9.17, 15) is 13.2 Å². The van der Waals surface area contributed by atoms with E-state index in [4.69, 9.17) is 4.74 Å². The number of aromatic nitrogens is 1. The van der Waals surface area contributed by atoms with E-state index in [1.165, 1.54) is 0 Å². The second-order valence-electron chi connectivity index (χ2n) is 6.08. The molecule has 23 heavy (non-hydrogen) atoms. The average Bonchev–Trinajstić information content (AvgIpc) is 2.83. The predicted molar refractivity (Wildman–Crippen MR) is 88.0 cm³/mol. The minimum atomic E-state index is -3.60. The lowest BCUT2D eigenvalue weighted by atomic mass is 9.97. The van der Waals surface area contributed by atoms with Gasteiger partial charge in [-0.15, -0.1) is 0 Å². The molecule has 6 nitrogen and oxygen atoms in total. The number of piperidine rings is 1. The van der Waals surface area contributed by atoms with E-state index in [1.807, 2.05) is 0 Å². The van der Waals surface area contributed by atoms with Gasteiger partial charge in [0.1, 0.15) is 10.6 Å². The van der Waals surface area contributed by atoms with E-state index < -0.39 is 16.0 Å². The first-order chi connectivity index (χ1) is 10.8. The van der Waals surface area contributed by atoms with Gasteiger partial charge in [0, 0.05) is 24.3 Å². The van der Waals surface area contributed by atoms with Crippen molar-refractivity contribution in [1.82, 2.24) is 9.29 Å². The van der Waals surface area contributed by atoms with Gasteiger partial charge in [-0.2, -0.15) is 4.31 Å². The molecule has 0 spiro atoms. The van der Waals surface area contributed by atoms with Gasteiger partial charge in [0.15, 0.2) is 0 Å². The summed E-state index contributed by atoms with van der Waals surface area (Å²) in [5.74, 6) is -0.109. The molecule has 1 N–H and O–H groups in total. The largest absolute Gasteiger partial charge is 0.461 e. The van der Waals surface area contributed by atoms with Gasteiger partial charge in [-0.05, 0) is 39.5 Å². The number of carbonyl (C=O) groups excluding carboxylic acids is 1. The molecule has 1 aromatic rings. The molecule has 1 fully saturated rings. The second-order valence-corrected chi connectivity index (χ2v) is 7.95. The number of sulfonamides is 1. The van der Waals surface area contributed by atoms with E-state index in [1.54, 1.807) is 25.1 Å². The number of nitrogens with zero attached hydrogens (tertiary/aromatic N) is 1. The highest BCUT2D eigenvalue weighted by atomic mass is 32.2. The smallest absolute Gasteiger partial charge is 0.355 e. The van der Waals surface area contributed by atoms with Crippen LogP contribution in [0.5, 0.6) is 0 Å². The summed E-state index contributed by atoms with van der Waals surface area (Å²) in [5.41, 5.74) is 1.16. The Morgan fingerprint density at radius 1 is 1.35 bits per heavy atom. The van der Waals surface area contributed by atoms with Gasteiger partial charge in [-0.3, -0.25) is 0 Å². The minimum Gasteiger partial charge on any atom is -0.461 e. The molecule has 0 aromatic carbocycles. The molecule has 1 atom stereocenters. The summed E-state index contributed by atoms with van der Waals surface area (Å²) in [6.07, 6.45) is 2.93. The third-order valence-corrected chi connectivity index (χ3v) is 6.64. The van der Waals surface area contributed by atoms with E-state index in [-0.39, 0.29) is 17.2 Å². The number of aromatic amines is 1. The van der Waals surface area contributed by atoms with Crippen molar-refractivity contribution >= 4 is 16.0 Å². The highest BCUT2D eigenvalue weighted by Crippen LogP contribution is 2.30. The van der Waals surface area contributed by atoms with Crippen molar-refractivity contribution in [3.8, 4) is 0 Å². The minimum absolute atomic E-state index is 0.220. The van der Waals surface area contributed by atoms with Crippen LogP contribution in [0.25, 0.3) is 0 Å². The number of carbonyl (C=O) groups is 1. The van der Waals surface area contributed by atoms with Crippen LogP contribution in [0.1, 0.15) is 54.9 Å². The zero-order valence-corrected chi connectivity index (χ0v) is 15.1. The van der Waals surface area contributed by atoms with Crippen molar-refractivity contribution in [2.45, 2.75) is 51.9 Å². The molecular formula is C16H26N2O4S. The van der Waals surface area contributed by atoms with Crippen LogP contribution in [0.4, 0.5) is 0 Å². The Labute approximate surface area is 138 Å². The number of rotatable bonds is 5. The molecule has 2 heterocycles. The lowest BCUT2D eigenvalue weighted by Gasteiger charge is -2.31. The standard InChI is InChI=1S/C16H26N2O4S/c1-5-13-8-7-9-18(10-13)23(20,21)15-11(3)14(17-12(15)4)16(19)22-6-2/h13,17H,5-10H2,1-4H3/t13-/m1/s1. The van der Waals surface area contributed by atoms with Crippen molar-refractivity contribution in [2.24, 2.45) is 5.92 Å². The van der Waals surface area contributed by atoms with Gasteiger partial charge in [0.05, 0.1) is 6.61 Å². The first kappa shape index (κ1) is 18.0. The lowest BCUT2D eigenvalue weighted by Crippen LogP contribution is -2.40. The highest BCUT2D eigenvalue weighted by Gasteiger charge is 2.34. The normalized spacial score (nSPS) is 19.7. The van der Waals surface area contributed by atoms with Gasteiger partial charge < -0.3 is 9.72 Å².